The Morgan fingerprint density at radius 3 is 2.26 bits per heavy atom. The number of carbonyl (C=O) groups is 2. The van der Waals surface area contributed by atoms with Gasteiger partial charge in [-0.25, -0.2) is 8.42 Å². The Kier molecular flexibility index (Phi) is 10.8. The van der Waals surface area contributed by atoms with E-state index in [1.165, 1.54) is 23.1 Å². The molecular formula is C31H34Cl3N3O4S. The number of hydrogen-bond acceptors (Lipinski definition) is 4. The van der Waals surface area contributed by atoms with Gasteiger partial charge in [-0.15, -0.1) is 0 Å². The topological polar surface area (TPSA) is 86.8 Å². The molecule has 1 fully saturated rings. The summed E-state index contributed by atoms with van der Waals surface area (Å²) in [7, 11) is -4.18. The van der Waals surface area contributed by atoms with E-state index < -0.39 is 28.5 Å². The number of rotatable bonds is 10. The fourth-order valence-corrected chi connectivity index (χ4v) is 6.89. The van der Waals surface area contributed by atoms with Gasteiger partial charge in [0.15, 0.2) is 0 Å². The number of aryl methyl sites for hydroxylation is 1. The number of sulfonamides is 1. The first-order chi connectivity index (χ1) is 20.0. The summed E-state index contributed by atoms with van der Waals surface area (Å²) in [5.74, 6) is -0.867. The summed E-state index contributed by atoms with van der Waals surface area (Å²) < 4.78 is 28.9. The van der Waals surface area contributed by atoms with Gasteiger partial charge in [0.25, 0.3) is 10.0 Å². The first-order valence-corrected chi connectivity index (χ1v) is 16.4. The van der Waals surface area contributed by atoms with Crippen LogP contribution in [0.15, 0.2) is 71.6 Å². The Hall–Kier alpha value is -2.78. The molecule has 42 heavy (non-hydrogen) atoms. The first kappa shape index (κ1) is 32.1. The lowest BCUT2D eigenvalue weighted by molar-refractivity contribution is -0.139. The molecule has 3 aromatic carbocycles. The minimum absolute atomic E-state index is 0.0168. The maximum absolute atomic E-state index is 14.1. The van der Waals surface area contributed by atoms with Gasteiger partial charge in [0.05, 0.1) is 20.6 Å². The van der Waals surface area contributed by atoms with Gasteiger partial charge in [0.1, 0.15) is 12.6 Å². The highest BCUT2D eigenvalue weighted by Crippen LogP contribution is 2.28. The highest BCUT2D eigenvalue weighted by atomic mass is 35.5. The van der Waals surface area contributed by atoms with Crippen molar-refractivity contribution in [2.24, 2.45) is 0 Å². The molecule has 1 atom stereocenters. The van der Waals surface area contributed by atoms with Crippen molar-refractivity contribution in [2.75, 3.05) is 10.8 Å². The minimum Gasteiger partial charge on any atom is -0.352 e. The van der Waals surface area contributed by atoms with E-state index in [4.69, 9.17) is 34.8 Å². The number of amides is 2. The lowest BCUT2D eigenvalue weighted by Crippen LogP contribution is -2.53. The van der Waals surface area contributed by atoms with Gasteiger partial charge in [-0.1, -0.05) is 83.9 Å². The van der Waals surface area contributed by atoms with Crippen LogP contribution in [0.25, 0.3) is 0 Å². The highest BCUT2D eigenvalue weighted by Gasteiger charge is 2.33. The maximum atomic E-state index is 14.1. The van der Waals surface area contributed by atoms with E-state index in [1.807, 2.05) is 6.92 Å². The van der Waals surface area contributed by atoms with Crippen molar-refractivity contribution in [3.8, 4) is 0 Å². The predicted octanol–water partition coefficient (Wildman–Crippen LogP) is 7.02. The molecule has 0 heterocycles. The second kappa shape index (κ2) is 14.1. The van der Waals surface area contributed by atoms with Gasteiger partial charge < -0.3 is 10.2 Å². The summed E-state index contributed by atoms with van der Waals surface area (Å²) in [6.45, 7) is 2.96. The van der Waals surface area contributed by atoms with Crippen LogP contribution in [-0.2, 0) is 26.2 Å². The molecule has 7 nitrogen and oxygen atoms in total. The van der Waals surface area contributed by atoms with E-state index >= 15 is 0 Å². The molecule has 0 spiro atoms. The molecular weight excluding hydrogens is 617 g/mol. The molecule has 4 rings (SSSR count). The van der Waals surface area contributed by atoms with Crippen molar-refractivity contribution in [1.29, 1.82) is 0 Å². The lowest BCUT2D eigenvalue weighted by Gasteiger charge is -2.33. The van der Waals surface area contributed by atoms with Crippen LogP contribution in [0.4, 0.5) is 5.69 Å². The highest BCUT2D eigenvalue weighted by molar-refractivity contribution is 7.92. The van der Waals surface area contributed by atoms with Crippen molar-refractivity contribution in [1.82, 2.24) is 10.2 Å². The van der Waals surface area contributed by atoms with Gasteiger partial charge in [0.2, 0.25) is 11.8 Å². The Bertz CT molecular complexity index is 1530. The van der Waals surface area contributed by atoms with Gasteiger partial charge in [-0.3, -0.25) is 13.9 Å². The Morgan fingerprint density at radius 1 is 0.929 bits per heavy atom. The number of nitrogens with zero attached hydrogens (tertiary/aromatic N) is 2. The molecule has 3 aromatic rings. The van der Waals surface area contributed by atoms with Gasteiger partial charge >= 0.3 is 0 Å². The fourth-order valence-electron chi connectivity index (χ4n) is 4.98. The number of anilines is 1. The molecule has 0 aliphatic heterocycles. The molecule has 224 valence electrons. The lowest BCUT2D eigenvalue weighted by atomic mass is 9.95. The Morgan fingerprint density at radius 2 is 1.62 bits per heavy atom. The third-order valence-electron chi connectivity index (χ3n) is 7.44. The third-order valence-corrected chi connectivity index (χ3v) is 10.2. The SMILES string of the molecule is Cc1ccc(S(=O)(=O)N(CC(=O)N(Cc2ccc(Cl)c(Cl)c2)[C@@H](C)C(=O)NC2CCCCC2)c2cccc(Cl)c2)cc1. The fraction of sp³-hybridized carbons (Fsp3) is 0.355. The largest absolute Gasteiger partial charge is 0.352 e. The van der Waals surface area contributed by atoms with Gasteiger partial charge in [-0.05, 0) is 74.7 Å². The standard InChI is InChI=1S/C31H34Cl3N3O4S/c1-21-11-14-27(15-12-21)42(40,41)37(26-10-6-7-24(32)18-26)20-30(38)36(19-23-13-16-28(33)29(34)17-23)22(2)31(39)35-25-8-4-3-5-9-25/h6-7,10-18,22,25H,3-5,8-9,19-20H2,1-2H3,(H,35,39)/t22-/m0/s1. The summed E-state index contributed by atoms with van der Waals surface area (Å²) in [6, 6.07) is 16.8. The second-order valence-electron chi connectivity index (χ2n) is 10.6. The van der Waals surface area contributed by atoms with Crippen LogP contribution in [0.5, 0.6) is 0 Å². The molecule has 0 unspecified atom stereocenters. The number of hydrogen-bond donors (Lipinski definition) is 1. The van der Waals surface area contributed by atoms with Crippen LogP contribution < -0.4 is 9.62 Å². The maximum Gasteiger partial charge on any atom is 0.264 e. The third kappa shape index (κ3) is 7.98. The predicted molar refractivity (Wildman–Crippen MR) is 169 cm³/mol. The van der Waals surface area contributed by atoms with Crippen molar-refractivity contribution in [3.63, 3.8) is 0 Å². The molecule has 11 heteroatoms. The Labute approximate surface area is 262 Å². The van der Waals surface area contributed by atoms with Crippen LogP contribution >= 0.6 is 34.8 Å². The number of halogens is 3. The Balaban J connectivity index is 1.69. The molecule has 1 aliphatic carbocycles. The van der Waals surface area contributed by atoms with Crippen LogP contribution in [0.3, 0.4) is 0 Å². The molecule has 0 saturated heterocycles. The van der Waals surface area contributed by atoms with Crippen molar-refractivity contribution < 1.29 is 18.0 Å². The quantitative estimate of drug-likeness (QED) is 0.256. The van der Waals surface area contributed by atoms with E-state index in [0.717, 1.165) is 42.0 Å². The molecule has 1 N–H and O–H groups in total. The van der Waals surface area contributed by atoms with Gasteiger partial charge in [-0.2, -0.15) is 0 Å². The van der Waals surface area contributed by atoms with E-state index in [9.17, 15) is 18.0 Å². The number of benzene rings is 3. The molecule has 1 saturated carbocycles. The monoisotopic (exact) mass is 649 g/mol. The summed E-state index contributed by atoms with van der Waals surface area (Å²) in [5, 5.41) is 4.07. The van der Waals surface area contributed by atoms with E-state index in [2.05, 4.69) is 5.32 Å². The number of carbonyl (C=O) groups excluding carboxylic acids is 2. The smallest absolute Gasteiger partial charge is 0.264 e. The average molecular weight is 651 g/mol. The second-order valence-corrected chi connectivity index (χ2v) is 13.7. The molecule has 1 aliphatic rings. The van der Waals surface area contributed by atoms with Crippen LogP contribution in [-0.4, -0.2) is 43.8 Å². The van der Waals surface area contributed by atoms with Crippen LogP contribution in [0.2, 0.25) is 15.1 Å². The zero-order valence-electron chi connectivity index (χ0n) is 23.5. The average Bonchev–Trinajstić information content (AvgIpc) is 2.96. The van der Waals surface area contributed by atoms with Crippen molar-refractivity contribution >= 4 is 62.3 Å². The summed E-state index contributed by atoms with van der Waals surface area (Å²) in [5.41, 5.74) is 1.76. The number of nitrogens with one attached hydrogen (secondary N) is 1. The summed E-state index contributed by atoms with van der Waals surface area (Å²) in [4.78, 5) is 28.9. The normalized spacial score (nSPS) is 14.7. The van der Waals surface area contributed by atoms with E-state index in [0.29, 0.717) is 20.6 Å². The van der Waals surface area contributed by atoms with E-state index in [-0.39, 0.29) is 29.1 Å². The zero-order valence-corrected chi connectivity index (χ0v) is 26.6. The summed E-state index contributed by atoms with van der Waals surface area (Å²) in [6.07, 6.45) is 4.99. The van der Waals surface area contributed by atoms with Crippen LogP contribution in [0.1, 0.15) is 50.2 Å². The van der Waals surface area contributed by atoms with E-state index in [1.54, 1.807) is 55.5 Å². The molecule has 0 bridgehead atoms. The molecule has 0 aromatic heterocycles. The van der Waals surface area contributed by atoms with Crippen molar-refractivity contribution in [2.45, 2.75) is 69.5 Å². The molecule has 0 radical (unpaired) electrons. The zero-order chi connectivity index (χ0) is 30.4. The first-order valence-electron chi connectivity index (χ1n) is 13.8. The van der Waals surface area contributed by atoms with Crippen LogP contribution in [0, 0.1) is 6.92 Å². The van der Waals surface area contributed by atoms with Gasteiger partial charge in [0, 0.05) is 17.6 Å². The molecule has 2 amide bonds. The minimum atomic E-state index is -4.18. The summed E-state index contributed by atoms with van der Waals surface area (Å²) >= 11 is 18.6. The van der Waals surface area contributed by atoms with Crippen molar-refractivity contribution in [3.05, 3.63) is 92.9 Å².